The van der Waals surface area contributed by atoms with Gasteiger partial charge < -0.3 is 14.9 Å². The van der Waals surface area contributed by atoms with Gasteiger partial charge in [0, 0.05) is 0 Å². The Balaban J connectivity index is -0.0000000200. The van der Waals surface area contributed by atoms with E-state index in [0.717, 1.165) is 0 Å². The summed E-state index contributed by atoms with van der Waals surface area (Å²) < 4.78 is 10.2. The topological polar surface area (TPSA) is 0 Å². The predicted molar refractivity (Wildman–Crippen MR) is 19.8 cm³/mol. The van der Waals surface area contributed by atoms with Gasteiger partial charge in [-0.1, -0.05) is 0 Å². The molecule has 0 bridgehead atoms. The van der Waals surface area contributed by atoms with Crippen molar-refractivity contribution in [3.8, 4) is 0 Å². The molecule has 0 radical (unpaired) electrons. The van der Waals surface area contributed by atoms with E-state index >= 15 is 0 Å². The van der Waals surface area contributed by atoms with E-state index in [0.29, 0.717) is 0 Å². The van der Waals surface area contributed by atoms with E-state index < -0.39 is 22.7 Å². The summed E-state index contributed by atoms with van der Waals surface area (Å²) in [6, 6.07) is 0. The average Bonchev–Trinajstić information content (AvgIpc) is 0.918. The SMILES string of the molecule is [CH3-].[CH3-].[F][Zr+2][Cl]. The van der Waals surface area contributed by atoms with Crippen LogP contribution >= 0.6 is 8.51 Å². The van der Waals surface area contributed by atoms with Gasteiger partial charge in [0.05, 0.1) is 0 Å². The van der Waals surface area contributed by atoms with Crippen molar-refractivity contribution in [2.45, 2.75) is 0 Å². The molecule has 0 aliphatic carbocycles. The Bertz CT molecular complexity index is 9.61. The van der Waals surface area contributed by atoms with E-state index in [-0.39, 0.29) is 14.9 Å². The molecule has 0 rings (SSSR count). The fourth-order valence-corrected chi connectivity index (χ4v) is 0. The number of hydrogen-bond acceptors (Lipinski definition) is 0. The van der Waals surface area contributed by atoms with Crippen LogP contribution in [0.5, 0.6) is 0 Å². The van der Waals surface area contributed by atoms with Crippen LogP contribution in [-0.4, -0.2) is 0 Å². The zero-order valence-electron chi connectivity index (χ0n) is 3.26. The molecule has 0 aromatic carbocycles. The van der Waals surface area contributed by atoms with Crippen LogP contribution in [0.4, 0.5) is 2.63 Å². The summed E-state index contributed by atoms with van der Waals surface area (Å²) in [5.74, 6) is 0. The molecule has 0 heterocycles. The van der Waals surface area contributed by atoms with Gasteiger partial charge >= 0.3 is 33.8 Å². The summed E-state index contributed by atoms with van der Waals surface area (Å²) in [6.07, 6.45) is 0. The second kappa shape index (κ2) is 19.4. The molecule has 0 amide bonds. The van der Waals surface area contributed by atoms with E-state index in [1.807, 2.05) is 0 Å². The first-order valence-corrected chi connectivity index (χ1v) is 4.47. The Kier molecular flexibility index (Phi) is 64.1. The molecule has 0 spiro atoms. The Morgan fingerprint density at radius 3 is 1.40 bits per heavy atom. The first kappa shape index (κ1) is 16.5. The monoisotopic (exact) mass is 174 g/mol. The summed E-state index contributed by atoms with van der Waals surface area (Å²) >= 11 is -1.80. The summed E-state index contributed by atoms with van der Waals surface area (Å²) in [6.45, 7) is 0. The van der Waals surface area contributed by atoms with E-state index in [2.05, 4.69) is 8.51 Å². The van der Waals surface area contributed by atoms with Crippen LogP contribution in [0.25, 0.3) is 0 Å². The van der Waals surface area contributed by atoms with Crippen molar-refractivity contribution in [2.75, 3.05) is 0 Å². The van der Waals surface area contributed by atoms with E-state index in [1.165, 1.54) is 0 Å². The van der Waals surface area contributed by atoms with Crippen molar-refractivity contribution in [2.24, 2.45) is 0 Å². The maximum absolute atomic E-state index is 10.2. The molecule has 0 aliphatic heterocycles. The fraction of sp³-hybridized carbons (Fsp3) is 0. The predicted octanol–water partition coefficient (Wildman–Crippen LogP) is 2.01. The van der Waals surface area contributed by atoms with Crippen LogP contribution in [0.15, 0.2) is 0 Å². The molecule has 0 aromatic heterocycles. The quantitative estimate of drug-likeness (QED) is 0.495. The fourth-order valence-electron chi connectivity index (χ4n) is 0. The van der Waals surface area contributed by atoms with Gasteiger partial charge in [-0.05, 0) is 0 Å². The van der Waals surface area contributed by atoms with Crippen LogP contribution in [0.2, 0.25) is 0 Å². The number of halogens is 2. The van der Waals surface area contributed by atoms with Gasteiger partial charge in [-0.2, -0.15) is 0 Å². The summed E-state index contributed by atoms with van der Waals surface area (Å²) in [7, 11) is 4.50. The van der Waals surface area contributed by atoms with Gasteiger partial charge in [0.1, 0.15) is 0 Å². The third-order valence-electron chi connectivity index (χ3n) is 0. The molecule has 0 N–H and O–H groups in total. The van der Waals surface area contributed by atoms with Crippen molar-refractivity contribution in [3.05, 3.63) is 14.9 Å². The normalized spacial score (nSPS) is 2.00. The molecule has 0 fully saturated rings. The standard InChI is InChI=1S/2CH3.ClH.FH.Zr/h2*1H3;2*1H;/q2*-1;;;+4/p-2. The molecule has 0 aromatic rings. The van der Waals surface area contributed by atoms with Gasteiger partial charge in [0.25, 0.3) is 0 Å². The Morgan fingerprint density at radius 2 is 1.40 bits per heavy atom. The van der Waals surface area contributed by atoms with E-state index in [4.69, 9.17) is 0 Å². The minimum absolute atomic E-state index is 0. The van der Waals surface area contributed by atoms with Gasteiger partial charge in [-0.3, -0.25) is 0 Å². The van der Waals surface area contributed by atoms with Gasteiger partial charge in [0.15, 0.2) is 0 Å². The third kappa shape index (κ3) is 40.4. The van der Waals surface area contributed by atoms with E-state index in [1.54, 1.807) is 0 Å². The van der Waals surface area contributed by atoms with Crippen LogP contribution in [0, 0.1) is 14.9 Å². The summed E-state index contributed by atoms with van der Waals surface area (Å²) in [4.78, 5) is 0. The molecule has 0 nitrogen and oxygen atoms in total. The van der Waals surface area contributed by atoms with Crippen LogP contribution < -0.4 is 0 Å². The zero-order chi connectivity index (χ0) is 2.71. The zero-order valence-corrected chi connectivity index (χ0v) is 6.47. The summed E-state index contributed by atoms with van der Waals surface area (Å²) in [5.41, 5.74) is 0. The van der Waals surface area contributed by atoms with Crippen molar-refractivity contribution in [1.29, 1.82) is 0 Å². The van der Waals surface area contributed by atoms with E-state index in [9.17, 15) is 2.63 Å². The second-order valence-electron chi connectivity index (χ2n) is 0.0714. The Hall–Kier alpha value is 1.10. The minimum atomic E-state index is -1.80. The first-order chi connectivity index (χ1) is 1.41. The van der Waals surface area contributed by atoms with Crippen molar-refractivity contribution in [1.82, 2.24) is 0 Å². The van der Waals surface area contributed by atoms with Crippen molar-refractivity contribution in [3.63, 3.8) is 0 Å². The molecule has 0 saturated carbocycles. The van der Waals surface area contributed by atoms with Gasteiger partial charge in [0.2, 0.25) is 0 Å². The van der Waals surface area contributed by atoms with Gasteiger partial charge in [-0.15, -0.1) is 0 Å². The molecular weight excluding hydrogens is 170 g/mol. The molecule has 3 heteroatoms. The molecule has 0 saturated heterocycles. The number of hydrogen-bond donors (Lipinski definition) is 0. The number of rotatable bonds is 0. The molecular formula is C2H6ClFZr. The molecule has 0 unspecified atom stereocenters. The Labute approximate surface area is 48.7 Å². The molecule has 5 heavy (non-hydrogen) atoms. The third-order valence-corrected chi connectivity index (χ3v) is 0. The maximum atomic E-state index is 10.2. The molecule has 0 aliphatic rings. The molecule has 0 atom stereocenters. The van der Waals surface area contributed by atoms with Crippen molar-refractivity contribution >= 4 is 8.51 Å². The van der Waals surface area contributed by atoms with Gasteiger partial charge in [-0.25, -0.2) is 0 Å². The Morgan fingerprint density at radius 1 is 1.40 bits per heavy atom. The van der Waals surface area contributed by atoms with Crippen LogP contribution in [-0.2, 0) is 22.7 Å². The first-order valence-electron chi connectivity index (χ1n) is 0.378. The van der Waals surface area contributed by atoms with Crippen LogP contribution in [0.3, 0.4) is 0 Å². The van der Waals surface area contributed by atoms with Crippen molar-refractivity contribution < 1.29 is 25.3 Å². The molecule has 32 valence electrons. The average molecular weight is 176 g/mol. The van der Waals surface area contributed by atoms with Crippen LogP contribution in [0.1, 0.15) is 0 Å². The second-order valence-corrected chi connectivity index (χ2v) is 1.27. The summed E-state index contributed by atoms with van der Waals surface area (Å²) in [5, 5.41) is 0.